The van der Waals surface area contributed by atoms with Crippen LogP contribution in [-0.2, 0) is 13.5 Å². The number of nitrogens with one attached hydrogen (secondary N) is 2. The van der Waals surface area contributed by atoms with Crippen LogP contribution in [0.25, 0.3) is 10.9 Å². The van der Waals surface area contributed by atoms with E-state index in [9.17, 15) is 4.79 Å². The molecule has 32 heavy (non-hydrogen) atoms. The molecule has 0 spiro atoms. The zero-order chi connectivity index (χ0) is 22.2. The fourth-order valence-electron chi connectivity index (χ4n) is 4.65. The van der Waals surface area contributed by atoms with E-state index in [-0.39, 0.29) is 6.03 Å². The minimum Gasteiger partial charge on any atom is -0.492 e. The van der Waals surface area contributed by atoms with Gasteiger partial charge in [0.2, 0.25) is 0 Å². The van der Waals surface area contributed by atoms with Crippen molar-refractivity contribution in [2.24, 2.45) is 7.05 Å². The molecule has 3 aromatic rings. The average molecular weight is 436 g/mol. The van der Waals surface area contributed by atoms with Gasteiger partial charge in [-0.2, -0.15) is 5.10 Å². The maximum atomic E-state index is 13.3. The molecule has 1 atom stereocenters. The molecule has 2 aromatic heterocycles. The summed E-state index contributed by atoms with van der Waals surface area (Å²) in [4.78, 5) is 22.0. The van der Waals surface area contributed by atoms with E-state index in [2.05, 4.69) is 38.6 Å². The summed E-state index contributed by atoms with van der Waals surface area (Å²) in [6, 6.07) is 6.09. The number of pyridine rings is 1. The summed E-state index contributed by atoms with van der Waals surface area (Å²) in [7, 11) is 1.88. The lowest BCUT2D eigenvalue weighted by Crippen LogP contribution is -2.49. The number of amides is 2. The molecule has 0 bridgehead atoms. The van der Waals surface area contributed by atoms with Crippen molar-refractivity contribution in [3.05, 3.63) is 36.2 Å². The zero-order valence-electron chi connectivity index (χ0n) is 18.8. The van der Waals surface area contributed by atoms with Crippen molar-refractivity contribution in [3.63, 3.8) is 0 Å². The van der Waals surface area contributed by atoms with E-state index in [4.69, 9.17) is 4.74 Å². The Morgan fingerprint density at radius 1 is 1.34 bits per heavy atom. The van der Waals surface area contributed by atoms with Gasteiger partial charge in [-0.1, -0.05) is 0 Å². The maximum absolute atomic E-state index is 13.3. The molecule has 5 rings (SSSR count). The van der Waals surface area contributed by atoms with E-state index < -0.39 is 0 Å². The number of piperazine rings is 1. The molecule has 1 unspecified atom stereocenters. The number of nitrogens with zero attached hydrogens (tertiary/aromatic N) is 5. The van der Waals surface area contributed by atoms with Crippen molar-refractivity contribution >= 4 is 34.1 Å². The molecule has 9 nitrogen and oxygen atoms in total. The van der Waals surface area contributed by atoms with E-state index >= 15 is 0 Å². The number of hydrogen-bond acceptors (Lipinski definition) is 6. The van der Waals surface area contributed by atoms with E-state index in [1.54, 1.807) is 15.8 Å². The molecule has 2 N–H and O–H groups in total. The molecule has 2 amide bonds. The van der Waals surface area contributed by atoms with Gasteiger partial charge < -0.3 is 20.3 Å². The Kier molecular flexibility index (Phi) is 5.34. The number of hydrogen-bond donors (Lipinski definition) is 2. The highest BCUT2D eigenvalue weighted by molar-refractivity contribution is 6.05. The molecule has 0 saturated carbocycles. The van der Waals surface area contributed by atoms with Gasteiger partial charge in [0.25, 0.3) is 0 Å². The summed E-state index contributed by atoms with van der Waals surface area (Å²) in [5, 5.41) is 11.9. The largest absolute Gasteiger partial charge is 0.492 e. The van der Waals surface area contributed by atoms with Crippen molar-refractivity contribution in [1.82, 2.24) is 20.1 Å². The van der Waals surface area contributed by atoms with E-state index in [1.165, 1.54) is 5.69 Å². The van der Waals surface area contributed by atoms with Crippen molar-refractivity contribution in [2.45, 2.75) is 26.3 Å². The van der Waals surface area contributed by atoms with Crippen molar-refractivity contribution in [1.29, 1.82) is 0 Å². The Bertz CT molecular complexity index is 1160. The second-order valence-corrected chi connectivity index (χ2v) is 8.41. The third kappa shape index (κ3) is 3.73. The zero-order valence-corrected chi connectivity index (χ0v) is 18.8. The quantitative estimate of drug-likeness (QED) is 0.655. The van der Waals surface area contributed by atoms with Gasteiger partial charge in [0.1, 0.15) is 11.6 Å². The lowest BCUT2D eigenvalue weighted by Gasteiger charge is -2.34. The molecule has 4 heterocycles. The second-order valence-electron chi connectivity index (χ2n) is 8.41. The van der Waals surface area contributed by atoms with E-state index in [1.807, 2.05) is 32.3 Å². The third-order valence-corrected chi connectivity index (χ3v) is 6.07. The van der Waals surface area contributed by atoms with Crippen LogP contribution in [0.15, 0.2) is 30.6 Å². The van der Waals surface area contributed by atoms with Gasteiger partial charge in [0.05, 0.1) is 17.8 Å². The number of benzene rings is 1. The number of aryl methyl sites for hydroxylation is 1. The standard InChI is InChI=1S/C23H29N7O2/c1-4-32-21-12-18-16(14-28(3)27-18)11-19(21)26-23(31)30-9-6-17-20(5-7-25-22(17)30)29-10-8-24-15(2)13-29/h5,7,11-12,14-15,24H,4,6,8-10,13H2,1-3H3,(H,26,31). The van der Waals surface area contributed by atoms with Gasteiger partial charge in [0, 0.05) is 74.4 Å². The van der Waals surface area contributed by atoms with Crippen LogP contribution >= 0.6 is 0 Å². The Balaban J connectivity index is 1.41. The van der Waals surface area contributed by atoms with Gasteiger partial charge in [-0.05, 0) is 32.4 Å². The number of anilines is 3. The molecule has 2 aliphatic heterocycles. The highest BCUT2D eigenvalue weighted by Crippen LogP contribution is 2.36. The monoisotopic (exact) mass is 435 g/mol. The number of ether oxygens (including phenoxy) is 1. The minimum atomic E-state index is -0.203. The van der Waals surface area contributed by atoms with Crippen LogP contribution in [-0.4, -0.2) is 59.6 Å². The molecular weight excluding hydrogens is 406 g/mol. The molecule has 1 saturated heterocycles. The summed E-state index contributed by atoms with van der Waals surface area (Å²) in [6.45, 7) is 8.09. The second kappa shape index (κ2) is 8.31. The molecule has 2 aliphatic rings. The van der Waals surface area contributed by atoms with Crippen molar-refractivity contribution in [3.8, 4) is 5.75 Å². The van der Waals surface area contributed by atoms with Crippen molar-refractivity contribution in [2.75, 3.05) is 47.9 Å². The fraction of sp³-hybridized carbons (Fsp3) is 0.435. The lowest BCUT2D eigenvalue weighted by atomic mass is 10.1. The summed E-state index contributed by atoms with van der Waals surface area (Å²) in [5.74, 6) is 1.36. The third-order valence-electron chi connectivity index (χ3n) is 6.07. The molecule has 9 heteroatoms. The van der Waals surface area contributed by atoms with Crippen LogP contribution in [0.5, 0.6) is 5.75 Å². The van der Waals surface area contributed by atoms with Gasteiger partial charge in [-0.25, -0.2) is 9.78 Å². The Morgan fingerprint density at radius 3 is 3.03 bits per heavy atom. The maximum Gasteiger partial charge on any atom is 0.327 e. The summed E-state index contributed by atoms with van der Waals surface area (Å²) in [5.41, 5.74) is 3.80. The summed E-state index contributed by atoms with van der Waals surface area (Å²) < 4.78 is 7.54. The first kappa shape index (κ1) is 20.6. The van der Waals surface area contributed by atoms with Crippen LogP contribution in [0.1, 0.15) is 19.4 Å². The predicted octanol–water partition coefficient (Wildman–Crippen LogP) is 2.76. The molecule has 1 aromatic carbocycles. The lowest BCUT2D eigenvalue weighted by molar-refractivity contribution is 0.257. The van der Waals surface area contributed by atoms with Crippen LogP contribution in [0.3, 0.4) is 0 Å². The van der Waals surface area contributed by atoms with Gasteiger partial charge in [-0.15, -0.1) is 0 Å². The average Bonchev–Trinajstić information content (AvgIpc) is 3.36. The Labute approximate surface area is 187 Å². The number of carbonyl (C=O) groups is 1. The summed E-state index contributed by atoms with van der Waals surface area (Å²) in [6.07, 6.45) is 4.53. The first-order valence-electron chi connectivity index (χ1n) is 11.2. The molecule has 0 aliphatic carbocycles. The molecular formula is C23H29N7O2. The van der Waals surface area contributed by atoms with E-state index in [0.29, 0.717) is 30.6 Å². The van der Waals surface area contributed by atoms with Crippen LogP contribution in [0, 0.1) is 0 Å². The number of aromatic nitrogens is 3. The Hall–Kier alpha value is -3.33. The highest BCUT2D eigenvalue weighted by Gasteiger charge is 2.31. The first-order chi connectivity index (χ1) is 15.5. The normalized spacial score (nSPS) is 18.2. The predicted molar refractivity (Wildman–Crippen MR) is 126 cm³/mol. The smallest absolute Gasteiger partial charge is 0.327 e. The van der Waals surface area contributed by atoms with Gasteiger partial charge in [0.15, 0.2) is 0 Å². The van der Waals surface area contributed by atoms with Crippen LogP contribution in [0.4, 0.5) is 22.0 Å². The van der Waals surface area contributed by atoms with Crippen LogP contribution < -0.4 is 25.2 Å². The Morgan fingerprint density at radius 2 is 2.22 bits per heavy atom. The van der Waals surface area contributed by atoms with E-state index in [0.717, 1.165) is 48.3 Å². The SMILES string of the molecule is CCOc1cc2nn(C)cc2cc1NC(=O)N1CCc2c(N3CCNC(C)C3)ccnc21. The van der Waals surface area contributed by atoms with Crippen LogP contribution in [0.2, 0.25) is 0 Å². The molecule has 1 fully saturated rings. The van der Waals surface area contributed by atoms with Gasteiger partial charge in [-0.3, -0.25) is 9.58 Å². The number of fused-ring (bicyclic) bond motifs is 2. The van der Waals surface area contributed by atoms with Crippen molar-refractivity contribution < 1.29 is 9.53 Å². The minimum absolute atomic E-state index is 0.203. The fourth-order valence-corrected chi connectivity index (χ4v) is 4.65. The molecule has 0 radical (unpaired) electrons. The number of rotatable bonds is 4. The van der Waals surface area contributed by atoms with Gasteiger partial charge >= 0.3 is 6.03 Å². The highest BCUT2D eigenvalue weighted by atomic mass is 16.5. The summed E-state index contributed by atoms with van der Waals surface area (Å²) >= 11 is 0. The first-order valence-corrected chi connectivity index (χ1v) is 11.2. The molecule has 168 valence electrons. The number of urea groups is 1. The number of carbonyl (C=O) groups excluding carboxylic acids is 1. The topological polar surface area (TPSA) is 87.5 Å².